The lowest BCUT2D eigenvalue weighted by atomic mass is 10.2. The molecule has 0 saturated carbocycles. The average Bonchev–Trinajstić information content (AvgIpc) is 3.04. The summed E-state index contributed by atoms with van der Waals surface area (Å²) in [6.45, 7) is 1.94. The summed E-state index contributed by atoms with van der Waals surface area (Å²) in [6.07, 6.45) is 2.26. The van der Waals surface area contributed by atoms with Crippen LogP contribution in [0.15, 0.2) is 6.07 Å². The third kappa shape index (κ3) is 3.34. The number of aryl methyl sites for hydroxylation is 1. The van der Waals surface area contributed by atoms with Gasteiger partial charge in [0.2, 0.25) is 10.0 Å². The van der Waals surface area contributed by atoms with E-state index in [2.05, 4.69) is 0 Å². The van der Waals surface area contributed by atoms with Crippen molar-refractivity contribution in [1.29, 1.82) is 0 Å². The molecule has 1 fully saturated rings. The number of fused-ring (bicyclic) bond motifs is 1. The molecule has 1 atom stereocenters. The van der Waals surface area contributed by atoms with Gasteiger partial charge in [-0.1, -0.05) is 0 Å². The van der Waals surface area contributed by atoms with Gasteiger partial charge in [0.1, 0.15) is 4.88 Å². The summed E-state index contributed by atoms with van der Waals surface area (Å²) in [5.41, 5.74) is 0.839. The average molecular weight is 345 g/mol. The first-order chi connectivity index (χ1) is 10.5. The van der Waals surface area contributed by atoms with Gasteiger partial charge in [-0.15, -0.1) is 11.3 Å². The van der Waals surface area contributed by atoms with Gasteiger partial charge in [-0.3, -0.25) is 0 Å². The van der Waals surface area contributed by atoms with Crippen LogP contribution in [0.1, 0.15) is 33.0 Å². The van der Waals surface area contributed by atoms with Gasteiger partial charge < -0.3 is 9.84 Å². The summed E-state index contributed by atoms with van der Waals surface area (Å²) in [5.74, 6) is -0.751. The Labute approximate surface area is 133 Å². The molecule has 0 aromatic carbocycles. The third-order valence-electron chi connectivity index (χ3n) is 4.13. The molecular formula is C14H19NO5S2. The van der Waals surface area contributed by atoms with Crippen LogP contribution in [0.3, 0.4) is 0 Å². The number of nitrogens with zero attached hydrogens (tertiary/aromatic N) is 1. The van der Waals surface area contributed by atoms with E-state index in [1.807, 2.05) is 0 Å². The van der Waals surface area contributed by atoms with Crippen LogP contribution in [0.5, 0.6) is 0 Å². The summed E-state index contributed by atoms with van der Waals surface area (Å²) >= 11 is 1.26. The quantitative estimate of drug-likeness (QED) is 0.895. The maximum absolute atomic E-state index is 12.6. The Kier molecular flexibility index (Phi) is 4.54. The molecule has 3 heterocycles. The van der Waals surface area contributed by atoms with Crippen molar-refractivity contribution in [2.24, 2.45) is 5.92 Å². The van der Waals surface area contributed by atoms with Crippen molar-refractivity contribution < 1.29 is 23.1 Å². The molecule has 0 amide bonds. The minimum Gasteiger partial charge on any atom is -0.477 e. The van der Waals surface area contributed by atoms with Gasteiger partial charge in [0, 0.05) is 24.6 Å². The monoisotopic (exact) mass is 345 g/mol. The Morgan fingerprint density at radius 1 is 1.50 bits per heavy atom. The van der Waals surface area contributed by atoms with Crippen LogP contribution in [0.2, 0.25) is 0 Å². The number of aromatic carboxylic acids is 1. The largest absolute Gasteiger partial charge is 0.477 e. The number of carboxylic acid groups (broad SMARTS) is 1. The molecule has 1 saturated heterocycles. The molecule has 122 valence electrons. The fourth-order valence-corrected chi connectivity index (χ4v) is 5.83. The summed E-state index contributed by atoms with van der Waals surface area (Å²) in [7, 11) is -3.33. The second kappa shape index (κ2) is 6.27. The normalized spacial score (nSPS) is 23.2. The van der Waals surface area contributed by atoms with Gasteiger partial charge >= 0.3 is 5.97 Å². The van der Waals surface area contributed by atoms with Crippen LogP contribution in [0.25, 0.3) is 0 Å². The minimum atomic E-state index is -3.33. The molecule has 2 aliphatic rings. The maximum Gasteiger partial charge on any atom is 0.345 e. The predicted octanol–water partition coefficient (Wildman–Crippen LogP) is 1.56. The number of carbonyl (C=O) groups is 1. The molecule has 2 aliphatic heterocycles. The molecule has 6 nitrogen and oxygen atoms in total. The molecule has 22 heavy (non-hydrogen) atoms. The van der Waals surface area contributed by atoms with Crippen LogP contribution >= 0.6 is 11.3 Å². The summed E-state index contributed by atoms with van der Waals surface area (Å²) in [4.78, 5) is 12.4. The topological polar surface area (TPSA) is 83.9 Å². The van der Waals surface area contributed by atoms with Crippen LogP contribution in [0, 0.1) is 5.92 Å². The van der Waals surface area contributed by atoms with Gasteiger partial charge in [0.15, 0.2) is 0 Å². The van der Waals surface area contributed by atoms with E-state index in [-0.39, 0.29) is 23.1 Å². The Morgan fingerprint density at radius 3 is 3.00 bits per heavy atom. The molecule has 0 spiro atoms. The lowest BCUT2D eigenvalue weighted by molar-refractivity contribution is 0.0702. The van der Waals surface area contributed by atoms with Crippen LogP contribution in [-0.4, -0.2) is 49.3 Å². The van der Waals surface area contributed by atoms with E-state index in [1.165, 1.54) is 15.6 Å². The lowest BCUT2D eigenvalue weighted by Gasteiger charge is -2.21. The zero-order valence-corrected chi connectivity index (χ0v) is 13.8. The van der Waals surface area contributed by atoms with E-state index < -0.39 is 16.0 Å². The first kappa shape index (κ1) is 15.9. The van der Waals surface area contributed by atoms with Crippen molar-refractivity contribution in [3.05, 3.63) is 21.4 Å². The number of hydrogen-bond donors (Lipinski definition) is 1. The van der Waals surface area contributed by atoms with Crippen molar-refractivity contribution in [1.82, 2.24) is 4.31 Å². The van der Waals surface area contributed by atoms with Crippen molar-refractivity contribution >= 4 is 27.3 Å². The zero-order valence-electron chi connectivity index (χ0n) is 12.2. The van der Waals surface area contributed by atoms with E-state index in [4.69, 9.17) is 9.84 Å². The highest BCUT2D eigenvalue weighted by Gasteiger charge is 2.30. The molecule has 1 aromatic rings. The van der Waals surface area contributed by atoms with Crippen LogP contribution in [-0.2, 0) is 27.7 Å². The van der Waals surface area contributed by atoms with Gasteiger partial charge in [-0.25, -0.2) is 13.2 Å². The predicted molar refractivity (Wildman–Crippen MR) is 82.7 cm³/mol. The Bertz CT molecular complexity index is 661. The number of carboxylic acids is 1. The maximum atomic E-state index is 12.6. The van der Waals surface area contributed by atoms with Crippen molar-refractivity contribution in [2.75, 3.05) is 25.5 Å². The number of sulfonamides is 1. The molecule has 1 unspecified atom stereocenters. The Morgan fingerprint density at radius 2 is 2.32 bits per heavy atom. The summed E-state index contributed by atoms with van der Waals surface area (Å²) < 4.78 is 32.0. The Hall–Kier alpha value is -0.960. The van der Waals surface area contributed by atoms with Crippen molar-refractivity contribution in [2.45, 2.75) is 25.8 Å². The molecule has 8 heteroatoms. The minimum absolute atomic E-state index is 0.0739. The smallest absolute Gasteiger partial charge is 0.345 e. The first-order valence-electron chi connectivity index (χ1n) is 7.36. The van der Waals surface area contributed by atoms with Crippen molar-refractivity contribution in [3.63, 3.8) is 0 Å². The standard InChI is InChI=1S/C14H19NO5S2/c16-14(17)13-6-11-7-15(4-1-2-12(11)21-13)22(18,19)9-10-3-5-20-8-10/h6,10H,1-5,7-9H2,(H,16,17). The molecule has 1 N–H and O–H groups in total. The zero-order chi connectivity index (χ0) is 15.7. The van der Waals surface area contributed by atoms with Crippen LogP contribution in [0.4, 0.5) is 0 Å². The van der Waals surface area contributed by atoms with Gasteiger partial charge in [-0.05, 0) is 36.8 Å². The lowest BCUT2D eigenvalue weighted by Crippen LogP contribution is -2.35. The van der Waals surface area contributed by atoms with Gasteiger partial charge in [0.25, 0.3) is 0 Å². The number of thiophene rings is 1. The van der Waals surface area contributed by atoms with E-state index in [0.717, 1.165) is 29.7 Å². The highest BCUT2D eigenvalue weighted by molar-refractivity contribution is 7.89. The van der Waals surface area contributed by atoms with Crippen molar-refractivity contribution in [3.8, 4) is 0 Å². The second-order valence-corrected chi connectivity index (χ2v) is 8.96. The third-order valence-corrected chi connectivity index (χ3v) is 7.35. The van der Waals surface area contributed by atoms with Crippen LogP contribution < -0.4 is 0 Å². The van der Waals surface area contributed by atoms with Gasteiger partial charge in [-0.2, -0.15) is 4.31 Å². The highest BCUT2D eigenvalue weighted by atomic mass is 32.2. The molecule has 1 aromatic heterocycles. The number of rotatable bonds is 4. The second-order valence-electron chi connectivity index (χ2n) is 5.81. The Balaban J connectivity index is 1.77. The molecule has 3 rings (SSSR count). The van der Waals surface area contributed by atoms with Gasteiger partial charge in [0.05, 0.1) is 12.4 Å². The van der Waals surface area contributed by atoms with E-state index in [0.29, 0.717) is 19.8 Å². The fraction of sp³-hybridized carbons (Fsp3) is 0.643. The van der Waals surface area contributed by atoms with E-state index in [9.17, 15) is 13.2 Å². The highest BCUT2D eigenvalue weighted by Crippen LogP contribution is 2.29. The molecule has 0 bridgehead atoms. The molecular weight excluding hydrogens is 326 g/mol. The fourth-order valence-electron chi connectivity index (χ4n) is 2.96. The first-order valence-corrected chi connectivity index (χ1v) is 9.79. The summed E-state index contributed by atoms with van der Waals surface area (Å²) in [5, 5.41) is 9.08. The number of hydrogen-bond acceptors (Lipinski definition) is 5. The van der Waals surface area contributed by atoms with E-state index >= 15 is 0 Å². The molecule has 0 aliphatic carbocycles. The number of ether oxygens (including phenoxy) is 1. The van der Waals surface area contributed by atoms with E-state index in [1.54, 1.807) is 6.07 Å². The SMILES string of the molecule is O=C(O)c1cc2c(s1)CCCN(S(=O)(=O)CC1CCOC1)C2. The summed E-state index contributed by atoms with van der Waals surface area (Å²) in [6, 6.07) is 1.62. The molecule has 0 radical (unpaired) electrons.